The van der Waals surface area contributed by atoms with E-state index in [1.807, 2.05) is 0 Å². The Morgan fingerprint density at radius 3 is 3.07 bits per heavy atom. The molecule has 1 aromatic rings. The van der Waals surface area contributed by atoms with Crippen molar-refractivity contribution in [2.75, 3.05) is 19.6 Å². The number of likely N-dealkylation sites (tertiary alicyclic amines) is 1. The predicted molar refractivity (Wildman–Crippen MR) is 102 cm³/mol. The molecule has 0 aromatic carbocycles. The van der Waals surface area contributed by atoms with Crippen LogP contribution in [-0.2, 0) is 22.5 Å². The van der Waals surface area contributed by atoms with Gasteiger partial charge in [0.15, 0.2) is 0 Å². The summed E-state index contributed by atoms with van der Waals surface area (Å²) in [5, 5.41) is 10.5. The molecule has 0 saturated carbocycles. The fourth-order valence-electron chi connectivity index (χ4n) is 5.20. The Kier molecular flexibility index (Phi) is 5.25. The van der Waals surface area contributed by atoms with Gasteiger partial charge in [-0.05, 0) is 25.2 Å². The Morgan fingerprint density at radius 2 is 2.33 bits per heavy atom. The van der Waals surface area contributed by atoms with E-state index in [4.69, 9.17) is 4.74 Å². The molecule has 7 heteroatoms. The molecule has 3 aliphatic rings. The lowest BCUT2D eigenvalue weighted by atomic mass is 9.73. The van der Waals surface area contributed by atoms with Crippen LogP contribution in [0.2, 0.25) is 0 Å². The highest BCUT2D eigenvalue weighted by molar-refractivity contribution is 5.75. The monoisotopic (exact) mass is 375 g/mol. The number of H-pyrrole nitrogens is 1. The lowest BCUT2D eigenvalue weighted by Gasteiger charge is -2.29. The molecule has 4 rings (SSSR count). The van der Waals surface area contributed by atoms with Gasteiger partial charge in [-0.3, -0.25) is 14.8 Å². The van der Waals surface area contributed by atoms with Crippen molar-refractivity contribution in [3.63, 3.8) is 0 Å². The maximum Gasteiger partial charge on any atom is 0.220 e. The van der Waals surface area contributed by atoms with Crippen LogP contribution in [0.3, 0.4) is 0 Å². The molecule has 0 aliphatic carbocycles. The molecular formula is C20H33N5O2. The van der Waals surface area contributed by atoms with Crippen LogP contribution in [0, 0.1) is 17.8 Å². The molecule has 0 radical (unpaired) electrons. The number of carbonyl (C=O) groups excluding carboxylic acids is 1. The second-order valence-corrected chi connectivity index (χ2v) is 8.99. The first-order chi connectivity index (χ1) is 13.0. The van der Waals surface area contributed by atoms with Gasteiger partial charge in [0.25, 0.3) is 0 Å². The van der Waals surface area contributed by atoms with Crippen LogP contribution in [-0.4, -0.2) is 57.3 Å². The lowest BCUT2D eigenvalue weighted by molar-refractivity contribution is -0.121. The van der Waals surface area contributed by atoms with E-state index in [1.165, 1.54) is 0 Å². The smallest absolute Gasteiger partial charge is 0.220 e. The van der Waals surface area contributed by atoms with E-state index in [-0.39, 0.29) is 11.5 Å². The van der Waals surface area contributed by atoms with Crippen LogP contribution in [0.4, 0.5) is 0 Å². The number of rotatable bonds is 8. The lowest BCUT2D eigenvalue weighted by Crippen LogP contribution is -2.41. The van der Waals surface area contributed by atoms with Crippen molar-refractivity contribution in [3.05, 3.63) is 11.6 Å². The number of aryl methyl sites for hydroxylation is 1. The number of fused-ring (bicyclic) bond motifs is 1. The first-order valence-corrected chi connectivity index (χ1v) is 10.6. The highest BCUT2D eigenvalue weighted by Crippen LogP contribution is 2.54. The maximum absolute atomic E-state index is 12.2. The zero-order chi connectivity index (χ0) is 19.0. The van der Waals surface area contributed by atoms with E-state index >= 15 is 0 Å². The minimum absolute atomic E-state index is 0.00833. The minimum atomic E-state index is -0.00833. The van der Waals surface area contributed by atoms with Crippen LogP contribution in [0.25, 0.3) is 0 Å². The van der Waals surface area contributed by atoms with Gasteiger partial charge in [-0.25, -0.2) is 4.98 Å². The molecule has 3 fully saturated rings. The third-order valence-electron chi connectivity index (χ3n) is 6.61. The average molecular weight is 376 g/mol. The standard InChI is InChI=1S/C20H33N5O2/c1-4-17-22-18(24-23-17)11-25-10-15-14(9-21-19(26)6-5-13(2)3)16-7-8-20(15,12-25)27-16/h13-16H,4-12H2,1-3H3,(H,21,26)(H,22,23,24)/t14-,15+,16+,20+/m0/s1. The topological polar surface area (TPSA) is 83.1 Å². The van der Waals surface area contributed by atoms with E-state index in [1.54, 1.807) is 0 Å². The summed E-state index contributed by atoms with van der Waals surface area (Å²) in [6.07, 6.45) is 5.02. The van der Waals surface area contributed by atoms with Crippen molar-refractivity contribution in [2.45, 2.75) is 71.1 Å². The molecule has 0 unspecified atom stereocenters. The number of nitrogens with one attached hydrogen (secondary N) is 2. The summed E-state index contributed by atoms with van der Waals surface area (Å²) >= 11 is 0. The summed E-state index contributed by atoms with van der Waals surface area (Å²) < 4.78 is 6.48. The normalized spacial score (nSPS) is 32.4. The highest BCUT2D eigenvalue weighted by atomic mass is 16.5. The largest absolute Gasteiger partial charge is 0.370 e. The Bertz CT molecular complexity index is 675. The van der Waals surface area contributed by atoms with Gasteiger partial charge in [0.05, 0.1) is 18.2 Å². The molecule has 1 aromatic heterocycles. The molecule has 2 bridgehead atoms. The minimum Gasteiger partial charge on any atom is -0.370 e. The summed E-state index contributed by atoms with van der Waals surface area (Å²) in [7, 11) is 0. The second kappa shape index (κ2) is 7.51. The Hall–Kier alpha value is -1.47. The Labute approximate surface area is 161 Å². The van der Waals surface area contributed by atoms with Gasteiger partial charge in [-0.2, -0.15) is 5.10 Å². The zero-order valence-electron chi connectivity index (χ0n) is 16.8. The van der Waals surface area contributed by atoms with Gasteiger partial charge in [-0.15, -0.1) is 0 Å². The fraction of sp³-hybridized carbons (Fsp3) is 0.850. The van der Waals surface area contributed by atoms with Gasteiger partial charge >= 0.3 is 0 Å². The van der Waals surface area contributed by atoms with Gasteiger partial charge < -0.3 is 10.1 Å². The molecule has 150 valence electrons. The van der Waals surface area contributed by atoms with Crippen molar-refractivity contribution in [1.82, 2.24) is 25.4 Å². The SMILES string of the molecule is CCc1n[nH]c(CN2C[C@@H]3[C@H](CNC(=O)CCC(C)C)[C@H]4CC[C@]3(C2)O4)n1. The molecule has 7 nitrogen and oxygen atoms in total. The fourth-order valence-corrected chi connectivity index (χ4v) is 5.20. The van der Waals surface area contributed by atoms with Crippen LogP contribution in [0.5, 0.6) is 0 Å². The summed E-state index contributed by atoms with van der Waals surface area (Å²) in [5.74, 6) is 3.52. The first-order valence-electron chi connectivity index (χ1n) is 10.6. The quantitative estimate of drug-likeness (QED) is 0.725. The third kappa shape index (κ3) is 3.76. The van der Waals surface area contributed by atoms with Gasteiger partial charge in [0, 0.05) is 44.3 Å². The molecule has 4 atom stereocenters. The first kappa shape index (κ1) is 18.9. The third-order valence-corrected chi connectivity index (χ3v) is 6.61. The number of nitrogens with zero attached hydrogens (tertiary/aromatic N) is 3. The number of aromatic nitrogens is 3. The zero-order valence-corrected chi connectivity index (χ0v) is 16.8. The van der Waals surface area contributed by atoms with E-state index in [0.29, 0.717) is 30.3 Å². The van der Waals surface area contributed by atoms with Gasteiger partial charge in [-0.1, -0.05) is 20.8 Å². The molecule has 3 saturated heterocycles. The molecule has 2 N–H and O–H groups in total. The van der Waals surface area contributed by atoms with Crippen LogP contribution in [0.15, 0.2) is 0 Å². The summed E-state index contributed by atoms with van der Waals surface area (Å²) in [6.45, 7) is 9.92. The number of aromatic amines is 1. The molecule has 3 aliphatic heterocycles. The average Bonchev–Trinajstić information content (AvgIpc) is 3.38. The number of hydrogen-bond acceptors (Lipinski definition) is 5. The van der Waals surface area contributed by atoms with Crippen LogP contribution in [0.1, 0.15) is 58.1 Å². The number of carbonyl (C=O) groups is 1. The molecule has 1 amide bonds. The Morgan fingerprint density at radius 1 is 1.48 bits per heavy atom. The van der Waals surface area contributed by atoms with Crippen molar-refractivity contribution in [1.29, 1.82) is 0 Å². The molecular weight excluding hydrogens is 342 g/mol. The molecule has 4 heterocycles. The van der Waals surface area contributed by atoms with E-state index in [2.05, 4.69) is 46.2 Å². The highest BCUT2D eigenvalue weighted by Gasteiger charge is 2.62. The summed E-state index contributed by atoms with van der Waals surface area (Å²) in [4.78, 5) is 19.2. The predicted octanol–water partition coefficient (Wildman–Crippen LogP) is 1.90. The van der Waals surface area contributed by atoms with Gasteiger partial charge in [0.1, 0.15) is 11.6 Å². The maximum atomic E-state index is 12.2. The van der Waals surface area contributed by atoms with E-state index in [9.17, 15) is 4.79 Å². The number of hydrogen-bond donors (Lipinski definition) is 2. The summed E-state index contributed by atoms with van der Waals surface area (Å²) in [6, 6.07) is 0. The van der Waals surface area contributed by atoms with Crippen molar-refractivity contribution in [2.24, 2.45) is 17.8 Å². The van der Waals surface area contributed by atoms with Crippen LogP contribution < -0.4 is 5.32 Å². The summed E-state index contributed by atoms with van der Waals surface area (Å²) in [5.41, 5.74) is -0.00833. The molecule has 1 spiro atoms. The van der Waals surface area contributed by atoms with Crippen molar-refractivity contribution in [3.8, 4) is 0 Å². The van der Waals surface area contributed by atoms with Crippen molar-refractivity contribution < 1.29 is 9.53 Å². The van der Waals surface area contributed by atoms with E-state index in [0.717, 1.165) is 63.5 Å². The Balaban J connectivity index is 1.34. The van der Waals surface area contributed by atoms with E-state index < -0.39 is 0 Å². The van der Waals surface area contributed by atoms with Crippen molar-refractivity contribution >= 4 is 5.91 Å². The van der Waals surface area contributed by atoms with Gasteiger partial charge in [0.2, 0.25) is 5.91 Å². The molecule has 27 heavy (non-hydrogen) atoms. The van der Waals surface area contributed by atoms with Crippen LogP contribution >= 0.6 is 0 Å². The second-order valence-electron chi connectivity index (χ2n) is 8.99. The number of amides is 1. The number of ether oxygens (including phenoxy) is 1.